The van der Waals surface area contributed by atoms with E-state index in [-0.39, 0.29) is 5.56 Å². The average molecular weight is 674 g/mol. The van der Waals surface area contributed by atoms with E-state index in [0.29, 0.717) is 25.8 Å². The minimum Gasteiger partial charge on any atom is -0.454 e. The van der Waals surface area contributed by atoms with Gasteiger partial charge in [-0.1, -0.05) is 30.3 Å². The number of esters is 1. The number of ether oxygens (including phenoxy) is 5. The zero-order valence-corrected chi connectivity index (χ0v) is 25.6. The van der Waals surface area contributed by atoms with Gasteiger partial charge in [0.05, 0.1) is 0 Å². The normalized spacial score (nSPS) is 35.3. The summed E-state index contributed by atoms with van der Waals surface area (Å²) in [5, 5.41) is 27.9. The number of aromatic amines is 1. The van der Waals surface area contributed by atoms with E-state index in [0.717, 1.165) is 16.8 Å². The number of nitrogens with two attached hydrogens (primary N) is 1. The van der Waals surface area contributed by atoms with Crippen LogP contribution >= 0.6 is 0 Å². The minimum absolute atomic E-state index is 0.113. The van der Waals surface area contributed by atoms with Crippen LogP contribution in [0.4, 0.5) is 0 Å². The largest absolute Gasteiger partial charge is 0.454 e. The van der Waals surface area contributed by atoms with Crippen LogP contribution in [0.25, 0.3) is 0 Å². The molecule has 0 radical (unpaired) electrons. The lowest BCUT2D eigenvalue weighted by atomic mass is 9.75. The van der Waals surface area contributed by atoms with Crippen molar-refractivity contribution in [1.82, 2.24) is 20.2 Å². The molecule has 3 amide bonds. The Morgan fingerprint density at radius 3 is 2.54 bits per heavy atom. The van der Waals surface area contributed by atoms with Gasteiger partial charge in [-0.25, -0.2) is 4.79 Å². The number of hydrogen-bond donors (Lipinski definition) is 6. The molecule has 5 heterocycles. The number of nitrogens with one attached hydrogen (secondary N) is 3. The predicted molar refractivity (Wildman–Crippen MR) is 157 cm³/mol. The van der Waals surface area contributed by atoms with Gasteiger partial charge in [0.1, 0.15) is 36.4 Å². The topological polar surface area (TPSA) is 260 Å². The fourth-order valence-corrected chi connectivity index (χ4v) is 6.76. The molecule has 48 heavy (non-hydrogen) atoms. The first-order valence-corrected chi connectivity index (χ1v) is 15.3. The maximum atomic E-state index is 14.3. The number of hydrogen-bond acceptors (Lipinski definition) is 13. The van der Waals surface area contributed by atoms with Crippen LogP contribution < -0.4 is 27.6 Å². The highest BCUT2D eigenvalue weighted by Crippen LogP contribution is 2.49. The first-order chi connectivity index (χ1) is 23.0. The Kier molecular flexibility index (Phi) is 9.20. The standard InChI is InChI=1S/C30H35N5O13/c1-44-19-18(38)25(35-12-10-15(36)34-29(35)43)45-21(19)22(23(31)39)47-27-20-17(37)16(26(41)46-20)30(48-27,13-7-3-2-4-8-13)28(42)33-14-9-5-6-11-32-24(14)40/h2-4,7-8,10,12,14,16-22,25,27,37-38H,5-6,9,11H2,1H3,(H2,31,39)(H,32,40)(H,33,42)(H,34,36,43)/t14-,16-,17-,18+,19-,20-,21-,22+,25+,27-,30+/m0/s1. The second-order valence-corrected chi connectivity index (χ2v) is 11.9. The number of methoxy groups -OCH3 is 1. The van der Waals surface area contributed by atoms with Gasteiger partial charge < -0.3 is 50.3 Å². The first kappa shape index (κ1) is 33.4. The Hall–Kier alpha value is -4.46. The van der Waals surface area contributed by atoms with Gasteiger partial charge in [-0.15, -0.1) is 0 Å². The van der Waals surface area contributed by atoms with E-state index in [9.17, 15) is 39.0 Å². The Labute approximate surface area is 271 Å². The van der Waals surface area contributed by atoms with Gasteiger partial charge in [0.2, 0.25) is 11.8 Å². The summed E-state index contributed by atoms with van der Waals surface area (Å²) in [7, 11) is 1.19. The third kappa shape index (κ3) is 5.69. The lowest BCUT2D eigenvalue weighted by Crippen LogP contribution is -2.65. The number of aliphatic hydroxyl groups is 2. The number of rotatable bonds is 9. The highest BCUT2D eigenvalue weighted by atomic mass is 16.7. The molecule has 2 aromatic rings. The number of H-pyrrole nitrogens is 1. The van der Waals surface area contributed by atoms with Crippen LogP contribution in [0.2, 0.25) is 0 Å². The van der Waals surface area contributed by atoms with Gasteiger partial charge in [-0.2, -0.15) is 0 Å². The molecule has 258 valence electrons. The predicted octanol–water partition coefficient (Wildman–Crippen LogP) is -3.38. The third-order valence-electron chi connectivity index (χ3n) is 9.08. The molecule has 0 unspecified atom stereocenters. The molecule has 7 N–H and O–H groups in total. The number of aromatic nitrogens is 2. The lowest BCUT2D eigenvalue weighted by molar-refractivity contribution is -0.303. The molecule has 0 spiro atoms. The van der Waals surface area contributed by atoms with Crippen molar-refractivity contribution in [3.05, 3.63) is 69.0 Å². The molecule has 4 aliphatic rings. The summed E-state index contributed by atoms with van der Waals surface area (Å²) >= 11 is 0. The second kappa shape index (κ2) is 13.2. The molecule has 11 atom stereocenters. The molecule has 4 fully saturated rings. The van der Waals surface area contributed by atoms with Gasteiger partial charge >= 0.3 is 11.7 Å². The average Bonchev–Trinajstić information content (AvgIpc) is 3.38. The van der Waals surface area contributed by atoms with E-state index < -0.39 is 102 Å². The summed E-state index contributed by atoms with van der Waals surface area (Å²) in [5.74, 6) is -5.16. The fourth-order valence-electron chi connectivity index (χ4n) is 6.76. The maximum absolute atomic E-state index is 14.3. The monoisotopic (exact) mass is 673 g/mol. The maximum Gasteiger partial charge on any atom is 0.330 e. The van der Waals surface area contributed by atoms with Crippen LogP contribution in [0, 0.1) is 5.92 Å². The van der Waals surface area contributed by atoms with Gasteiger partial charge in [-0.05, 0) is 24.8 Å². The van der Waals surface area contributed by atoms with E-state index in [4.69, 9.17) is 29.4 Å². The van der Waals surface area contributed by atoms with Crippen molar-refractivity contribution >= 4 is 23.7 Å². The second-order valence-electron chi connectivity index (χ2n) is 11.9. The van der Waals surface area contributed by atoms with Gasteiger partial charge in [0.25, 0.3) is 11.5 Å². The third-order valence-corrected chi connectivity index (χ3v) is 9.08. The quantitative estimate of drug-likeness (QED) is 0.142. The van der Waals surface area contributed by atoms with E-state index in [1.54, 1.807) is 18.2 Å². The molecule has 6 rings (SSSR count). The molecule has 0 aliphatic carbocycles. The molecular weight excluding hydrogens is 638 g/mol. The highest BCUT2D eigenvalue weighted by molar-refractivity contribution is 5.97. The van der Waals surface area contributed by atoms with Crippen LogP contribution in [0.1, 0.15) is 31.1 Å². The van der Waals surface area contributed by atoms with E-state index in [1.165, 1.54) is 19.2 Å². The van der Waals surface area contributed by atoms with Gasteiger partial charge in [-0.3, -0.25) is 33.5 Å². The van der Waals surface area contributed by atoms with Crippen molar-refractivity contribution < 1.29 is 53.1 Å². The van der Waals surface area contributed by atoms with Crippen molar-refractivity contribution in [3.8, 4) is 0 Å². The van der Waals surface area contributed by atoms with Crippen molar-refractivity contribution in [2.75, 3.05) is 13.7 Å². The summed E-state index contributed by atoms with van der Waals surface area (Å²) in [6, 6.07) is 7.79. The van der Waals surface area contributed by atoms with Crippen molar-refractivity contribution in [1.29, 1.82) is 0 Å². The number of primary amides is 1. The van der Waals surface area contributed by atoms with E-state index >= 15 is 0 Å². The number of carbonyl (C=O) groups is 4. The smallest absolute Gasteiger partial charge is 0.330 e. The molecule has 18 heteroatoms. The summed E-state index contributed by atoms with van der Waals surface area (Å²) in [6.07, 6.45) is -10.3. The van der Waals surface area contributed by atoms with Gasteiger partial charge in [0.15, 0.2) is 30.3 Å². The lowest BCUT2D eigenvalue weighted by Gasteiger charge is -2.45. The van der Waals surface area contributed by atoms with Crippen molar-refractivity contribution in [2.24, 2.45) is 11.7 Å². The number of fused-ring (bicyclic) bond motifs is 2. The number of amides is 3. The minimum atomic E-state index is -2.33. The highest BCUT2D eigenvalue weighted by Gasteiger charge is 2.69. The molecule has 4 aliphatic heterocycles. The fraction of sp³-hybridized carbons (Fsp3) is 0.533. The molecule has 1 aromatic carbocycles. The molecule has 2 bridgehead atoms. The summed E-state index contributed by atoms with van der Waals surface area (Å²) in [5.41, 5.74) is 1.89. The number of carbonyl (C=O) groups excluding carboxylic acids is 4. The van der Waals surface area contributed by atoms with Crippen molar-refractivity contribution in [2.45, 2.75) is 80.0 Å². The van der Waals surface area contributed by atoms with Crippen LogP contribution in [0.3, 0.4) is 0 Å². The summed E-state index contributed by atoms with van der Waals surface area (Å²) < 4.78 is 29.9. The van der Waals surface area contributed by atoms with Crippen LogP contribution in [-0.4, -0.2) is 106 Å². The van der Waals surface area contributed by atoms with Crippen LogP contribution in [-0.2, 0) is 48.5 Å². The zero-order chi connectivity index (χ0) is 34.3. The Morgan fingerprint density at radius 2 is 1.85 bits per heavy atom. The van der Waals surface area contributed by atoms with Crippen molar-refractivity contribution in [3.63, 3.8) is 0 Å². The zero-order valence-electron chi connectivity index (χ0n) is 25.6. The molecule has 18 nitrogen and oxygen atoms in total. The first-order valence-electron chi connectivity index (χ1n) is 15.3. The SMILES string of the molecule is CO[C@H]1[C@@H](O)[C@H](n2ccc(=O)[nH]c2=O)O[C@@H]1[C@@H](O[C@H]1O[C@](C(=O)N[C@H]2CCCCNC2=O)(c2ccccc2)[C@@H]2C(=O)O[C@H]1[C@H]2O)C(N)=O. The van der Waals surface area contributed by atoms with Crippen LogP contribution in [0.5, 0.6) is 0 Å². The molecule has 1 aromatic heterocycles. The number of aliphatic hydroxyl groups excluding tert-OH is 2. The Morgan fingerprint density at radius 1 is 1.10 bits per heavy atom. The number of nitrogens with zero attached hydrogens (tertiary/aromatic N) is 1. The van der Waals surface area contributed by atoms with Gasteiger partial charge in [0, 0.05) is 25.9 Å². The Bertz CT molecular complexity index is 1680. The van der Waals surface area contributed by atoms with E-state index in [1.807, 2.05) is 4.98 Å². The Balaban J connectivity index is 1.36. The van der Waals surface area contributed by atoms with E-state index in [2.05, 4.69) is 10.6 Å². The molecule has 4 saturated heterocycles. The number of benzene rings is 1. The molecule has 0 saturated carbocycles. The molecular formula is C30H35N5O13. The summed E-state index contributed by atoms with van der Waals surface area (Å²) in [6.45, 7) is 0.420. The van der Waals surface area contributed by atoms with Crippen LogP contribution in [0.15, 0.2) is 52.2 Å². The summed E-state index contributed by atoms with van der Waals surface area (Å²) in [4.78, 5) is 79.6.